The fourth-order valence-corrected chi connectivity index (χ4v) is 2.32. The van der Waals surface area contributed by atoms with Crippen LogP contribution in [0.25, 0.3) is 10.9 Å². The molecule has 0 saturated heterocycles. The number of hydrogen-bond acceptors (Lipinski definition) is 4. The minimum absolute atomic E-state index is 0.441. The first-order valence-electron chi connectivity index (χ1n) is 6.99. The van der Waals surface area contributed by atoms with E-state index in [4.69, 9.17) is 14.1 Å². The molecule has 5 heteroatoms. The predicted molar refractivity (Wildman–Crippen MR) is 88.7 cm³/mol. The third-order valence-corrected chi connectivity index (χ3v) is 3.44. The van der Waals surface area contributed by atoms with Crippen molar-refractivity contribution < 1.29 is 14.1 Å². The number of rotatable bonds is 5. The molecule has 3 aromatic rings. The second-order valence-corrected chi connectivity index (χ2v) is 4.81. The van der Waals surface area contributed by atoms with Crippen LogP contribution in [0.4, 0.5) is 0 Å². The van der Waals surface area contributed by atoms with E-state index >= 15 is 0 Å². The van der Waals surface area contributed by atoms with Gasteiger partial charge in [0, 0.05) is 11.6 Å². The molecule has 3 rings (SSSR count). The summed E-state index contributed by atoms with van der Waals surface area (Å²) >= 11 is 0. The summed E-state index contributed by atoms with van der Waals surface area (Å²) in [4.78, 5) is 4.38. The van der Waals surface area contributed by atoms with Gasteiger partial charge in [-0.3, -0.25) is 4.98 Å². The van der Waals surface area contributed by atoms with Crippen molar-refractivity contribution >= 4 is 23.8 Å². The van der Waals surface area contributed by atoms with Crippen molar-refractivity contribution in [2.24, 2.45) is 0 Å². The Kier molecular flexibility index (Phi) is 4.14. The molecule has 110 valence electrons. The van der Waals surface area contributed by atoms with Gasteiger partial charge in [-0.15, -0.1) is 0 Å². The first-order chi connectivity index (χ1) is 10.8. The van der Waals surface area contributed by atoms with E-state index in [1.807, 2.05) is 48.5 Å². The highest BCUT2D eigenvalue weighted by molar-refractivity contribution is 6.48. The number of benzene rings is 2. The maximum atomic E-state index is 5.92. The first-order valence-corrected chi connectivity index (χ1v) is 6.99. The van der Waals surface area contributed by atoms with Crippen molar-refractivity contribution in [1.29, 1.82) is 0 Å². The van der Waals surface area contributed by atoms with Crippen LogP contribution in [0.1, 0.15) is 0 Å². The summed E-state index contributed by atoms with van der Waals surface area (Å²) in [6, 6.07) is 15.6. The summed E-state index contributed by atoms with van der Waals surface area (Å²) in [5.74, 6) is 2.17. The number of fused-ring (bicyclic) bond motifs is 1. The zero-order chi connectivity index (χ0) is 15.4. The Morgan fingerprint density at radius 3 is 2.50 bits per heavy atom. The Morgan fingerprint density at radius 1 is 0.864 bits per heavy atom. The number of para-hydroxylation sites is 1. The smallest absolute Gasteiger partial charge is 0.374 e. The molecule has 1 aromatic heterocycles. The third-order valence-electron chi connectivity index (χ3n) is 3.44. The van der Waals surface area contributed by atoms with Gasteiger partial charge in [0.15, 0.2) is 11.5 Å². The fourth-order valence-electron chi connectivity index (χ4n) is 2.32. The van der Waals surface area contributed by atoms with Gasteiger partial charge < -0.3 is 14.1 Å². The lowest BCUT2D eigenvalue weighted by molar-refractivity contribution is 0.355. The van der Waals surface area contributed by atoms with Crippen LogP contribution in [-0.2, 0) is 0 Å². The van der Waals surface area contributed by atoms with Crippen LogP contribution in [0.15, 0.2) is 54.7 Å². The van der Waals surface area contributed by atoms with Crippen molar-refractivity contribution in [2.75, 3.05) is 14.2 Å². The lowest BCUT2D eigenvalue weighted by atomic mass is 9.87. The molecule has 4 nitrogen and oxygen atoms in total. The molecule has 0 fully saturated rings. The summed E-state index contributed by atoms with van der Waals surface area (Å²) in [6.07, 6.45) is 1.77. The second kappa shape index (κ2) is 6.39. The molecule has 0 aliphatic heterocycles. The molecular weight excluding hydrogens is 277 g/mol. The van der Waals surface area contributed by atoms with Crippen molar-refractivity contribution in [2.45, 2.75) is 0 Å². The minimum Gasteiger partial charge on any atom is -0.558 e. The summed E-state index contributed by atoms with van der Waals surface area (Å²) in [5, 5.41) is 1.06. The lowest BCUT2D eigenvalue weighted by Gasteiger charge is -2.11. The van der Waals surface area contributed by atoms with Crippen LogP contribution in [0.5, 0.6) is 17.2 Å². The Labute approximate surface area is 129 Å². The molecule has 0 spiro atoms. The molecule has 0 saturated carbocycles. The summed E-state index contributed by atoms with van der Waals surface area (Å²) < 4.78 is 16.5. The average molecular weight is 293 g/mol. The van der Waals surface area contributed by atoms with Crippen LogP contribution >= 0.6 is 0 Å². The molecule has 22 heavy (non-hydrogen) atoms. The maximum Gasteiger partial charge on any atom is 0.374 e. The highest BCUT2D eigenvalue weighted by atomic mass is 16.5. The zero-order valence-electron chi connectivity index (χ0n) is 12.6. The number of ether oxygens (including phenoxy) is 2. The standard InChI is InChI=1S/C17H16BNO3/c1-20-14-9-8-13(11-16(14)21-2)18-22-15-7-3-5-12-6-4-10-19-17(12)15/h3-11,18H,1-2H3. The van der Waals surface area contributed by atoms with Crippen LogP contribution < -0.4 is 19.6 Å². The largest absolute Gasteiger partial charge is 0.558 e. The molecule has 1 heterocycles. The van der Waals surface area contributed by atoms with Gasteiger partial charge in [-0.05, 0) is 29.7 Å². The quantitative estimate of drug-likeness (QED) is 0.677. The third kappa shape index (κ3) is 2.84. The predicted octanol–water partition coefficient (Wildman–Crippen LogP) is 2.31. The Hall–Kier alpha value is -2.69. The number of hydrogen-bond donors (Lipinski definition) is 0. The van der Waals surface area contributed by atoms with Gasteiger partial charge in [-0.25, -0.2) is 0 Å². The lowest BCUT2D eigenvalue weighted by Crippen LogP contribution is -2.20. The van der Waals surface area contributed by atoms with E-state index in [-0.39, 0.29) is 0 Å². The molecule has 0 amide bonds. The molecule has 2 aromatic carbocycles. The zero-order valence-corrected chi connectivity index (χ0v) is 12.6. The van der Waals surface area contributed by atoms with Crippen molar-refractivity contribution in [3.05, 3.63) is 54.7 Å². The van der Waals surface area contributed by atoms with Gasteiger partial charge in [0.2, 0.25) is 0 Å². The molecular formula is C17H16BNO3. The number of aromatic nitrogens is 1. The van der Waals surface area contributed by atoms with E-state index < -0.39 is 0 Å². The van der Waals surface area contributed by atoms with E-state index in [2.05, 4.69) is 4.98 Å². The highest BCUT2D eigenvalue weighted by Crippen LogP contribution is 2.25. The van der Waals surface area contributed by atoms with Gasteiger partial charge in [0.1, 0.15) is 11.3 Å². The van der Waals surface area contributed by atoms with Crippen LogP contribution in [0.3, 0.4) is 0 Å². The van der Waals surface area contributed by atoms with Crippen molar-refractivity contribution in [3.63, 3.8) is 0 Å². The summed E-state index contributed by atoms with van der Waals surface area (Å²) in [6.45, 7) is 0. The second-order valence-electron chi connectivity index (χ2n) is 4.81. The van der Waals surface area contributed by atoms with E-state index in [1.54, 1.807) is 20.4 Å². The Balaban J connectivity index is 1.82. The molecule has 0 N–H and O–H groups in total. The van der Waals surface area contributed by atoms with Crippen LogP contribution in [0.2, 0.25) is 0 Å². The highest BCUT2D eigenvalue weighted by Gasteiger charge is 2.08. The Morgan fingerprint density at radius 2 is 1.68 bits per heavy atom. The molecule has 0 aliphatic rings. The number of pyridine rings is 1. The van der Waals surface area contributed by atoms with Crippen molar-refractivity contribution in [1.82, 2.24) is 4.98 Å². The Bertz CT molecular complexity index is 786. The van der Waals surface area contributed by atoms with E-state index in [1.165, 1.54) is 0 Å². The van der Waals surface area contributed by atoms with E-state index in [0.29, 0.717) is 19.0 Å². The average Bonchev–Trinajstić information content (AvgIpc) is 2.59. The van der Waals surface area contributed by atoms with Gasteiger partial charge in [-0.1, -0.05) is 24.3 Å². The van der Waals surface area contributed by atoms with Gasteiger partial charge >= 0.3 is 7.48 Å². The van der Waals surface area contributed by atoms with Crippen LogP contribution in [0, 0.1) is 0 Å². The molecule has 0 atom stereocenters. The SMILES string of the molecule is COc1ccc(BOc2cccc3cccnc23)cc1OC. The number of methoxy groups -OCH3 is 2. The monoisotopic (exact) mass is 293 g/mol. The van der Waals surface area contributed by atoms with E-state index in [0.717, 1.165) is 22.1 Å². The normalized spacial score (nSPS) is 10.3. The van der Waals surface area contributed by atoms with Gasteiger partial charge in [-0.2, -0.15) is 0 Å². The van der Waals surface area contributed by atoms with Gasteiger partial charge in [0.05, 0.1) is 14.2 Å². The minimum atomic E-state index is 0.441. The molecule has 0 bridgehead atoms. The molecule has 0 aliphatic carbocycles. The first kappa shape index (κ1) is 14.3. The van der Waals surface area contributed by atoms with Crippen LogP contribution in [-0.4, -0.2) is 26.7 Å². The van der Waals surface area contributed by atoms with E-state index in [9.17, 15) is 0 Å². The topological polar surface area (TPSA) is 40.6 Å². The van der Waals surface area contributed by atoms with Gasteiger partial charge in [0.25, 0.3) is 0 Å². The maximum absolute atomic E-state index is 5.92. The fraction of sp³-hybridized carbons (Fsp3) is 0.118. The molecule has 0 radical (unpaired) electrons. The van der Waals surface area contributed by atoms with Crippen molar-refractivity contribution in [3.8, 4) is 17.2 Å². The summed E-state index contributed by atoms with van der Waals surface area (Å²) in [7, 11) is 3.68. The summed E-state index contributed by atoms with van der Waals surface area (Å²) in [5.41, 5.74) is 1.87. The molecule has 0 unspecified atom stereocenters. The number of nitrogens with zero attached hydrogens (tertiary/aromatic N) is 1.